The van der Waals surface area contributed by atoms with Crippen molar-refractivity contribution in [3.05, 3.63) is 29.3 Å². The second-order valence-electron chi connectivity index (χ2n) is 5.11. The molecule has 2 aromatic heterocycles. The van der Waals surface area contributed by atoms with E-state index in [0.29, 0.717) is 0 Å². The Bertz CT molecular complexity index is 856. The third kappa shape index (κ3) is 4.15. The van der Waals surface area contributed by atoms with Crippen LogP contribution in [-0.4, -0.2) is 34.5 Å². The summed E-state index contributed by atoms with van der Waals surface area (Å²) in [5.41, 5.74) is -1.13. The number of aryl methyl sites for hydroxylation is 1. The lowest BCUT2D eigenvalue weighted by Gasteiger charge is -2.08. The zero-order valence-corrected chi connectivity index (χ0v) is 13.9. The van der Waals surface area contributed by atoms with Gasteiger partial charge in [-0.2, -0.15) is 32.1 Å². The minimum atomic E-state index is -4.60. The first-order chi connectivity index (χ1) is 11.4. The van der Waals surface area contributed by atoms with Gasteiger partial charge in [0.05, 0.1) is 18.4 Å². The van der Waals surface area contributed by atoms with Crippen LogP contribution in [0.5, 0.6) is 0 Å². The van der Waals surface area contributed by atoms with Gasteiger partial charge in [-0.3, -0.25) is 4.68 Å². The monoisotopic (exact) mass is 387 g/mol. The molecule has 0 spiro atoms. The van der Waals surface area contributed by atoms with Gasteiger partial charge in [-0.1, -0.05) is 0 Å². The molecule has 0 atom stereocenters. The normalized spacial score (nSPS) is 13.0. The van der Waals surface area contributed by atoms with Gasteiger partial charge in [0.2, 0.25) is 10.0 Å². The highest BCUT2D eigenvalue weighted by Crippen LogP contribution is 2.28. The van der Waals surface area contributed by atoms with Crippen molar-refractivity contribution in [1.82, 2.24) is 24.3 Å². The Morgan fingerprint density at radius 2 is 1.92 bits per heavy atom. The smallest absolute Gasteiger partial charge is 0.268 e. The second kappa shape index (κ2) is 6.71. The molecule has 0 unspecified atom stereocenters. The van der Waals surface area contributed by atoms with E-state index in [-0.39, 0.29) is 29.2 Å². The van der Waals surface area contributed by atoms with Gasteiger partial charge < -0.3 is 0 Å². The number of nitrogens with zero attached hydrogens (tertiary/aromatic N) is 4. The Labute approximate surface area is 139 Å². The number of hydrogen-bond acceptors (Lipinski definition) is 4. The molecule has 0 saturated carbocycles. The Hall–Kier alpha value is -2.02. The topological polar surface area (TPSA) is 81.8 Å². The zero-order chi connectivity index (χ0) is 19.0. The summed E-state index contributed by atoms with van der Waals surface area (Å²) in [5, 5.41) is 6.66. The molecule has 0 radical (unpaired) electrons. The highest BCUT2D eigenvalue weighted by molar-refractivity contribution is 7.89. The van der Waals surface area contributed by atoms with Crippen molar-refractivity contribution >= 4 is 10.0 Å². The van der Waals surface area contributed by atoms with E-state index in [4.69, 9.17) is 0 Å². The first-order valence-corrected chi connectivity index (χ1v) is 8.35. The summed E-state index contributed by atoms with van der Waals surface area (Å²) < 4.78 is 90.6. The fourth-order valence-corrected chi connectivity index (χ4v) is 3.29. The lowest BCUT2D eigenvalue weighted by Crippen LogP contribution is -2.28. The third-order valence-corrected chi connectivity index (χ3v) is 4.93. The van der Waals surface area contributed by atoms with Gasteiger partial charge in [0, 0.05) is 12.2 Å². The third-order valence-electron chi connectivity index (χ3n) is 3.36. The summed E-state index contributed by atoms with van der Waals surface area (Å²) in [6.07, 6.45) is -3.82. The molecular formula is C12H14F5N5O2S. The molecule has 2 heterocycles. The molecule has 0 aromatic carbocycles. The fraction of sp³-hybridized carbons (Fsp3) is 0.500. The van der Waals surface area contributed by atoms with Gasteiger partial charge in [0.1, 0.15) is 4.90 Å². The number of sulfonamides is 1. The molecule has 0 saturated heterocycles. The fourth-order valence-electron chi connectivity index (χ4n) is 2.11. The van der Waals surface area contributed by atoms with Crippen molar-refractivity contribution in [2.75, 3.05) is 6.54 Å². The second-order valence-corrected chi connectivity index (χ2v) is 6.84. The Morgan fingerprint density at radius 3 is 2.40 bits per heavy atom. The number of hydrogen-bond donors (Lipinski definition) is 1. The summed E-state index contributed by atoms with van der Waals surface area (Å²) in [7, 11) is -4.14. The summed E-state index contributed by atoms with van der Waals surface area (Å²) >= 11 is 0. The Morgan fingerprint density at radius 1 is 1.28 bits per heavy atom. The van der Waals surface area contributed by atoms with Crippen LogP contribution in [0, 0.1) is 13.8 Å². The van der Waals surface area contributed by atoms with Crippen molar-refractivity contribution < 1.29 is 30.4 Å². The van der Waals surface area contributed by atoms with Crippen LogP contribution in [0.1, 0.15) is 23.6 Å². The predicted molar refractivity (Wildman–Crippen MR) is 75.4 cm³/mol. The Kier molecular flexibility index (Phi) is 5.18. The highest BCUT2D eigenvalue weighted by atomic mass is 32.2. The van der Waals surface area contributed by atoms with Gasteiger partial charge >= 0.3 is 12.7 Å². The van der Waals surface area contributed by atoms with E-state index in [1.54, 1.807) is 0 Å². The average molecular weight is 387 g/mol. The van der Waals surface area contributed by atoms with Gasteiger partial charge in [-0.15, -0.1) is 0 Å². The zero-order valence-electron chi connectivity index (χ0n) is 13.0. The number of alkyl halides is 5. The minimum Gasteiger partial charge on any atom is -0.268 e. The highest BCUT2D eigenvalue weighted by Gasteiger charge is 2.34. The van der Waals surface area contributed by atoms with Gasteiger partial charge in [0.25, 0.3) is 0 Å². The summed E-state index contributed by atoms with van der Waals surface area (Å²) in [5.74, 6) is 0. The standard InChI is InChI=1S/C12H14F5N5O2S/c1-7-5-10(12(15,16)17)20-21(7)4-3-19-25(23,24)9-6-18-22(8(9)2)11(13)14/h5-6,11,19H,3-4H2,1-2H3. The van der Waals surface area contributed by atoms with Crippen molar-refractivity contribution in [1.29, 1.82) is 0 Å². The number of aromatic nitrogens is 4. The largest absolute Gasteiger partial charge is 0.435 e. The molecule has 140 valence electrons. The van der Waals surface area contributed by atoms with E-state index in [0.717, 1.165) is 16.9 Å². The SMILES string of the molecule is Cc1cc(C(F)(F)F)nn1CCNS(=O)(=O)c1cnn(C(F)F)c1C. The quantitative estimate of drug-likeness (QED) is 0.770. The van der Waals surface area contributed by atoms with Gasteiger partial charge in [-0.25, -0.2) is 17.8 Å². The summed E-state index contributed by atoms with van der Waals surface area (Å²) in [6.45, 7) is -0.865. The number of nitrogens with one attached hydrogen (secondary N) is 1. The summed E-state index contributed by atoms with van der Waals surface area (Å²) in [6, 6.07) is 0.839. The minimum absolute atomic E-state index is 0.164. The van der Waals surface area contributed by atoms with Crippen LogP contribution >= 0.6 is 0 Å². The van der Waals surface area contributed by atoms with Crippen LogP contribution < -0.4 is 4.72 Å². The molecule has 0 aliphatic rings. The molecule has 13 heteroatoms. The maximum absolute atomic E-state index is 12.6. The van der Waals surface area contributed by atoms with Crippen molar-refractivity contribution in [2.24, 2.45) is 0 Å². The van der Waals surface area contributed by atoms with Crippen molar-refractivity contribution in [2.45, 2.75) is 38.0 Å². The molecular weight excluding hydrogens is 373 g/mol. The van der Waals surface area contributed by atoms with Crippen LogP contribution in [0.2, 0.25) is 0 Å². The van der Waals surface area contributed by atoms with E-state index < -0.39 is 33.3 Å². The van der Waals surface area contributed by atoms with Crippen LogP contribution in [0.15, 0.2) is 17.2 Å². The molecule has 1 N–H and O–H groups in total. The van der Waals surface area contributed by atoms with Crippen LogP contribution in [0.3, 0.4) is 0 Å². The summed E-state index contributed by atoms with van der Waals surface area (Å²) in [4.78, 5) is -0.430. The van der Waals surface area contributed by atoms with Gasteiger partial charge in [0.15, 0.2) is 5.69 Å². The molecule has 0 aliphatic heterocycles. The van der Waals surface area contributed by atoms with E-state index in [1.807, 2.05) is 0 Å². The van der Waals surface area contributed by atoms with E-state index in [2.05, 4.69) is 14.9 Å². The lowest BCUT2D eigenvalue weighted by atomic mass is 10.4. The molecule has 0 bridgehead atoms. The van der Waals surface area contributed by atoms with Crippen molar-refractivity contribution in [3.63, 3.8) is 0 Å². The van der Waals surface area contributed by atoms with Gasteiger partial charge in [-0.05, 0) is 19.9 Å². The molecule has 25 heavy (non-hydrogen) atoms. The first kappa shape index (κ1) is 19.3. The maximum Gasteiger partial charge on any atom is 0.435 e. The van der Waals surface area contributed by atoms with E-state index in [1.165, 1.54) is 13.8 Å². The predicted octanol–water partition coefficient (Wildman–Crippen LogP) is 2.09. The molecule has 0 amide bonds. The van der Waals surface area contributed by atoms with E-state index in [9.17, 15) is 30.4 Å². The van der Waals surface area contributed by atoms with Crippen LogP contribution in [-0.2, 0) is 22.7 Å². The lowest BCUT2D eigenvalue weighted by molar-refractivity contribution is -0.141. The Balaban J connectivity index is 2.08. The molecule has 0 aliphatic carbocycles. The van der Waals surface area contributed by atoms with Crippen LogP contribution in [0.4, 0.5) is 22.0 Å². The number of halogens is 5. The van der Waals surface area contributed by atoms with Crippen LogP contribution in [0.25, 0.3) is 0 Å². The van der Waals surface area contributed by atoms with Crippen molar-refractivity contribution in [3.8, 4) is 0 Å². The molecule has 2 aromatic rings. The number of rotatable bonds is 6. The first-order valence-electron chi connectivity index (χ1n) is 6.87. The average Bonchev–Trinajstić information content (AvgIpc) is 3.02. The maximum atomic E-state index is 12.6. The molecule has 7 nitrogen and oxygen atoms in total. The van der Waals surface area contributed by atoms with E-state index >= 15 is 0 Å². The molecule has 2 rings (SSSR count). The molecule has 0 fully saturated rings.